The standard InChI is InChI=1S/C26H29Cl2N3O4/c1-3-4-13-29-24(33)17(2)31(16-18-11-12-19(27)15-22(18)28)23(32)10-7-14-30-25(34)20-8-5-6-9-21(20)26(30)35/h5-6,8-9,11-12,15,17H,3-4,7,10,13-14,16H2,1-2H3,(H,29,33)/t17-/m1/s1. The molecule has 1 aliphatic heterocycles. The Morgan fingerprint density at radius 1 is 1.03 bits per heavy atom. The van der Waals surface area contributed by atoms with Crippen LogP contribution in [0.25, 0.3) is 0 Å². The van der Waals surface area contributed by atoms with Gasteiger partial charge in [-0.05, 0) is 49.6 Å². The third kappa shape index (κ3) is 6.41. The summed E-state index contributed by atoms with van der Waals surface area (Å²) < 4.78 is 0. The van der Waals surface area contributed by atoms with Crippen LogP contribution in [0.2, 0.25) is 10.0 Å². The van der Waals surface area contributed by atoms with Gasteiger partial charge in [0.15, 0.2) is 0 Å². The maximum absolute atomic E-state index is 13.2. The topological polar surface area (TPSA) is 86.8 Å². The first-order valence-electron chi connectivity index (χ1n) is 11.7. The predicted molar refractivity (Wildman–Crippen MR) is 135 cm³/mol. The van der Waals surface area contributed by atoms with E-state index >= 15 is 0 Å². The first-order valence-corrected chi connectivity index (χ1v) is 12.5. The fraction of sp³-hybridized carbons (Fsp3) is 0.385. The van der Waals surface area contributed by atoms with Crippen LogP contribution in [-0.4, -0.2) is 52.6 Å². The molecule has 0 fully saturated rings. The van der Waals surface area contributed by atoms with Gasteiger partial charge < -0.3 is 10.2 Å². The number of imide groups is 1. The summed E-state index contributed by atoms with van der Waals surface area (Å²) in [6.07, 6.45) is 2.12. The lowest BCUT2D eigenvalue weighted by molar-refractivity contribution is -0.140. The van der Waals surface area contributed by atoms with Crippen molar-refractivity contribution in [3.63, 3.8) is 0 Å². The van der Waals surface area contributed by atoms with Gasteiger partial charge in [-0.3, -0.25) is 24.1 Å². The molecule has 1 aliphatic rings. The summed E-state index contributed by atoms with van der Waals surface area (Å²) in [5.41, 5.74) is 1.42. The number of unbranched alkanes of at least 4 members (excludes halogenated alkanes) is 1. The average Bonchev–Trinajstić information content (AvgIpc) is 3.08. The molecule has 0 spiro atoms. The molecule has 1 atom stereocenters. The zero-order chi connectivity index (χ0) is 25.5. The highest BCUT2D eigenvalue weighted by molar-refractivity contribution is 6.35. The number of nitrogens with zero attached hydrogens (tertiary/aromatic N) is 2. The van der Waals surface area contributed by atoms with E-state index in [4.69, 9.17) is 23.2 Å². The lowest BCUT2D eigenvalue weighted by Gasteiger charge is -2.29. The second-order valence-corrected chi connectivity index (χ2v) is 9.33. The summed E-state index contributed by atoms with van der Waals surface area (Å²) in [5.74, 6) is -1.24. The van der Waals surface area contributed by atoms with Gasteiger partial charge in [0.2, 0.25) is 11.8 Å². The van der Waals surface area contributed by atoms with E-state index in [2.05, 4.69) is 5.32 Å². The number of halogens is 2. The Morgan fingerprint density at radius 3 is 2.29 bits per heavy atom. The van der Waals surface area contributed by atoms with Gasteiger partial charge in [-0.2, -0.15) is 0 Å². The monoisotopic (exact) mass is 517 g/mol. The van der Waals surface area contributed by atoms with Crippen molar-refractivity contribution in [1.82, 2.24) is 15.1 Å². The average molecular weight is 518 g/mol. The lowest BCUT2D eigenvalue weighted by Crippen LogP contribution is -2.48. The maximum Gasteiger partial charge on any atom is 0.261 e. The van der Waals surface area contributed by atoms with Gasteiger partial charge in [0.1, 0.15) is 6.04 Å². The number of fused-ring (bicyclic) bond motifs is 1. The van der Waals surface area contributed by atoms with E-state index in [1.54, 1.807) is 49.4 Å². The van der Waals surface area contributed by atoms with Crippen molar-refractivity contribution in [2.24, 2.45) is 0 Å². The molecule has 0 unspecified atom stereocenters. The summed E-state index contributed by atoms with van der Waals surface area (Å²) >= 11 is 12.3. The van der Waals surface area contributed by atoms with Gasteiger partial charge in [0.25, 0.3) is 11.8 Å². The normalized spacial score (nSPS) is 13.5. The van der Waals surface area contributed by atoms with Crippen LogP contribution in [0.1, 0.15) is 65.8 Å². The molecule has 1 heterocycles. The molecule has 0 aromatic heterocycles. The molecule has 0 radical (unpaired) electrons. The molecule has 1 N–H and O–H groups in total. The second-order valence-electron chi connectivity index (χ2n) is 8.49. The first-order chi connectivity index (χ1) is 16.7. The van der Waals surface area contributed by atoms with Crippen LogP contribution in [0, 0.1) is 0 Å². The molecule has 7 nitrogen and oxygen atoms in total. The Balaban J connectivity index is 1.68. The van der Waals surface area contributed by atoms with E-state index in [9.17, 15) is 19.2 Å². The molecule has 0 bridgehead atoms. The van der Waals surface area contributed by atoms with Gasteiger partial charge >= 0.3 is 0 Å². The van der Waals surface area contributed by atoms with Crippen LogP contribution in [0.3, 0.4) is 0 Å². The maximum atomic E-state index is 13.2. The van der Waals surface area contributed by atoms with Gasteiger partial charge in [0.05, 0.1) is 11.1 Å². The molecule has 35 heavy (non-hydrogen) atoms. The summed E-state index contributed by atoms with van der Waals surface area (Å²) in [6.45, 7) is 4.48. The second kappa shape index (κ2) is 12.2. The molecule has 0 saturated carbocycles. The van der Waals surface area contributed by atoms with E-state index in [1.165, 1.54) is 9.80 Å². The van der Waals surface area contributed by atoms with Crippen molar-refractivity contribution in [3.8, 4) is 0 Å². The Hall–Kier alpha value is -2.90. The Morgan fingerprint density at radius 2 is 1.69 bits per heavy atom. The Labute approximate surface area is 215 Å². The van der Waals surface area contributed by atoms with Crippen molar-refractivity contribution >= 4 is 46.8 Å². The fourth-order valence-electron chi connectivity index (χ4n) is 3.93. The van der Waals surface area contributed by atoms with E-state index < -0.39 is 6.04 Å². The third-order valence-corrected chi connectivity index (χ3v) is 6.59. The first kappa shape index (κ1) is 26.7. The van der Waals surface area contributed by atoms with Gasteiger partial charge in [-0.1, -0.05) is 54.7 Å². The molecule has 4 amide bonds. The van der Waals surface area contributed by atoms with E-state index in [1.807, 2.05) is 6.92 Å². The van der Waals surface area contributed by atoms with Crippen molar-refractivity contribution in [3.05, 3.63) is 69.2 Å². The largest absolute Gasteiger partial charge is 0.354 e. The highest BCUT2D eigenvalue weighted by Crippen LogP contribution is 2.25. The third-order valence-electron chi connectivity index (χ3n) is 6.00. The molecule has 2 aromatic rings. The fourth-order valence-corrected chi connectivity index (χ4v) is 4.39. The van der Waals surface area contributed by atoms with Crippen LogP contribution in [0.5, 0.6) is 0 Å². The van der Waals surface area contributed by atoms with E-state index in [0.29, 0.717) is 33.3 Å². The zero-order valence-electron chi connectivity index (χ0n) is 19.9. The van der Waals surface area contributed by atoms with Crippen LogP contribution < -0.4 is 5.32 Å². The number of hydrogen-bond donors (Lipinski definition) is 1. The van der Waals surface area contributed by atoms with Crippen LogP contribution >= 0.6 is 23.2 Å². The van der Waals surface area contributed by atoms with E-state index in [0.717, 1.165) is 12.8 Å². The van der Waals surface area contributed by atoms with E-state index in [-0.39, 0.29) is 49.6 Å². The molecular weight excluding hydrogens is 489 g/mol. The minimum absolute atomic E-state index is 0.0607. The smallest absolute Gasteiger partial charge is 0.261 e. The molecule has 0 saturated heterocycles. The zero-order valence-corrected chi connectivity index (χ0v) is 21.4. The summed E-state index contributed by atoms with van der Waals surface area (Å²) in [5, 5.41) is 3.74. The molecular formula is C26H29Cl2N3O4. The number of benzene rings is 2. The summed E-state index contributed by atoms with van der Waals surface area (Å²) in [7, 11) is 0. The van der Waals surface area contributed by atoms with Gasteiger partial charge in [-0.25, -0.2) is 0 Å². The van der Waals surface area contributed by atoms with Crippen LogP contribution in [0.4, 0.5) is 0 Å². The molecule has 186 valence electrons. The Kier molecular flexibility index (Phi) is 9.29. The number of rotatable bonds is 11. The van der Waals surface area contributed by atoms with Crippen LogP contribution in [0.15, 0.2) is 42.5 Å². The highest BCUT2D eigenvalue weighted by atomic mass is 35.5. The molecule has 0 aliphatic carbocycles. The molecule has 2 aromatic carbocycles. The number of carbonyl (C=O) groups excluding carboxylic acids is 4. The SMILES string of the molecule is CCCCNC(=O)[C@@H](C)N(Cc1ccc(Cl)cc1Cl)C(=O)CCCN1C(=O)c2ccccc2C1=O. The van der Waals surface area contributed by atoms with Gasteiger partial charge in [0, 0.05) is 36.1 Å². The molecule has 9 heteroatoms. The predicted octanol–water partition coefficient (Wildman–Crippen LogP) is 4.70. The van der Waals surface area contributed by atoms with Crippen molar-refractivity contribution in [2.75, 3.05) is 13.1 Å². The number of nitrogens with one attached hydrogen (secondary N) is 1. The number of hydrogen-bond acceptors (Lipinski definition) is 4. The van der Waals surface area contributed by atoms with Crippen molar-refractivity contribution < 1.29 is 19.2 Å². The number of amides is 4. The summed E-state index contributed by atoms with van der Waals surface area (Å²) in [6, 6.07) is 10.9. The minimum atomic E-state index is -0.731. The lowest BCUT2D eigenvalue weighted by atomic mass is 10.1. The molecule has 3 rings (SSSR count). The number of carbonyl (C=O) groups is 4. The Bertz CT molecular complexity index is 1090. The van der Waals surface area contributed by atoms with Crippen molar-refractivity contribution in [1.29, 1.82) is 0 Å². The van der Waals surface area contributed by atoms with Crippen LogP contribution in [-0.2, 0) is 16.1 Å². The highest BCUT2D eigenvalue weighted by Gasteiger charge is 2.35. The summed E-state index contributed by atoms with van der Waals surface area (Å²) in [4.78, 5) is 53.8. The minimum Gasteiger partial charge on any atom is -0.354 e. The van der Waals surface area contributed by atoms with Crippen molar-refractivity contribution in [2.45, 2.75) is 52.1 Å². The quantitative estimate of drug-likeness (QED) is 0.345. The van der Waals surface area contributed by atoms with Gasteiger partial charge in [-0.15, -0.1) is 0 Å².